The molecular formula is C26H26F2N6OS. The topological polar surface area (TPSA) is 85.9 Å². The monoisotopic (exact) mass is 508 g/mol. The Morgan fingerprint density at radius 2 is 2.03 bits per heavy atom. The number of aromatic nitrogens is 3. The first-order chi connectivity index (χ1) is 17.5. The number of thiophene rings is 1. The third-order valence-corrected chi connectivity index (χ3v) is 6.91. The van der Waals surface area contributed by atoms with Gasteiger partial charge in [0.25, 0.3) is 0 Å². The fraction of sp³-hybridized carbons (Fsp3) is 0.269. The summed E-state index contributed by atoms with van der Waals surface area (Å²) in [6.45, 7) is 2.03. The molecule has 1 aromatic carbocycles. The van der Waals surface area contributed by atoms with Crippen molar-refractivity contribution in [3.05, 3.63) is 87.7 Å². The molecule has 5 rings (SSSR count). The summed E-state index contributed by atoms with van der Waals surface area (Å²) in [5.41, 5.74) is 1.37. The van der Waals surface area contributed by atoms with E-state index in [9.17, 15) is 9.18 Å². The van der Waals surface area contributed by atoms with Gasteiger partial charge in [-0.15, -0.1) is 11.3 Å². The smallest absolute Gasteiger partial charge is 0.225 e. The summed E-state index contributed by atoms with van der Waals surface area (Å²) in [6, 6.07) is 13.1. The molecule has 1 aliphatic carbocycles. The highest BCUT2D eigenvalue weighted by Crippen LogP contribution is 2.38. The number of benzene rings is 1. The Kier molecular flexibility index (Phi) is 6.95. The number of nitrogens with zero attached hydrogens (tertiary/aromatic N) is 3. The van der Waals surface area contributed by atoms with Crippen molar-refractivity contribution in [2.24, 2.45) is 0 Å². The second-order valence-corrected chi connectivity index (χ2v) is 9.83. The summed E-state index contributed by atoms with van der Waals surface area (Å²) in [7, 11) is 0. The zero-order valence-electron chi connectivity index (χ0n) is 19.7. The highest BCUT2D eigenvalue weighted by Gasteiger charge is 2.34. The van der Waals surface area contributed by atoms with E-state index in [1.54, 1.807) is 24.4 Å². The first-order valence-electron chi connectivity index (χ1n) is 11.8. The number of hydrogen-bond donors (Lipinski definition) is 3. The van der Waals surface area contributed by atoms with Gasteiger partial charge in [0.15, 0.2) is 11.6 Å². The minimum absolute atomic E-state index is 0.111. The maximum absolute atomic E-state index is 15.5. The molecule has 1 fully saturated rings. The molecule has 186 valence electrons. The summed E-state index contributed by atoms with van der Waals surface area (Å²) < 4.78 is 28.9. The minimum Gasteiger partial charge on any atom is -0.363 e. The van der Waals surface area contributed by atoms with Gasteiger partial charge in [0.2, 0.25) is 5.91 Å². The van der Waals surface area contributed by atoms with E-state index in [0.717, 1.165) is 23.3 Å². The van der Waals surface area contributed by atoms with Crippen molar-refractivity contribution in [2.45, 2.75) is 44.8 Å². The summed E-state index contributed by atoms with van der Waals surface area (Å²) in [5, 5.41) is 15.1. The van der Waals surface area contributed by atoms with Crippen molar-refractivity contribution in [2.75, 3.05) is 10.2 Å². The Morgan fingerprint density at radius 1 is 1.22 bits per heavy atom. The van der Waals surface area contributed by atoms with Gasteiger partial charge in [-0.2, -0.15) is 5.10 Å². The number of rotatable bonds is 10. The van der Waals surface area contributed by atoms with E-state index in [0.29, 0.717) is 17.2 Å². The molecule has 0 bridgehead atoms. The van der Waals surface area contributed by atoms with Crippen molar-refractivity contribution in [3.8, 4) is 0 Å². The van der Waals surface area contributed by atoms with E-state index < -0.39 is 5.82 Å². The molecule has 0 saturated heterocycles. The number of carbonyl (C=O) groups excluding carboxylic acids is 1. The Labute approximate surface area is 211 Å². The molecule has 1 aliphatic rings. The zero-order chi connectivity index (χ0) is 25.1. The molecule has 1 amide bonds. The van der Waals surface area contributed by atoms with Crippen LogP contribution in [-0.4, -0.2) is 27.1 Å². The number of hydrogen-bond acceptors (Lipinski definition) is 6. The lowest BCUT2D eigenvalue weighted by Gasteiger charge is -2.25. The average Bonchev–Trinajstić information content (AvgIpc) is 3.30. The van der Waals surface area contributed by atoms with Crippen molar-refractivity contribution in [1.82, 2.24) is 20.5 Å². The quantitative estimate of drug-likeness (QED) is 0.264. The van der Waals surface area contributed by atoms with Gasteiger partial charge in [0, 0.05) is 35.1 Å². The highest BCUT2D eigenvalue weighted by atomic mass is 32.1. The van der Waals surface area contributed by atoms with Crippen molar-refractivity contribution >= 4 is 34.7 Å². The van der Waals surface area contributed by atoms with Gasteiger partial charge < -0.3 is 15.5 Å². The number of nitrogens with one attached hydrogen (secondary N) is 3. The summed E-state index contributed by atoms with van der Waals surface area (Å²) in [6.07, 6.45) is 3.73. The number of pyridine rings is 1. The van der Waals surface area contributed by atoms with Gasteiger partial charge in [0.05, 0.1) is 12.6 Å². The number of amides is 1. The first kappa shape index (κ1) is 23.9. The highest BCUT2D eigenvalue weighted by molar-refractivity contribution is 7.10. The van der Waals surface area contributed by atoms with Crippen LogP contribution in [0, 0.1) is 11.6 Å². The van der Waals surface area contributed by atoms with Gasteiger partial charge in [-0.1, -0.05) is 18.2 Å². The number of halogens is 2. The molecule has 1 atom stereocenters. The van der Waals surface area contributed by atoms with Crippen LogP contribution in [0.5, 0.6) is 0 Å². The van der Waals surface area contributed by atoms with Gasteiger partial charge in [0.1, 0.15) is 17.5 Å². The first-order valence-corrected chi connectivity index (χ1v) is 12.6. The molecule has 1 saturated carbocycles. The third kappa shape index (κ3) is 5.54. The molecule has 3 heterocycles. The van der Waals surface area contributed by atoms with E-state index >= 15 is 4.39 Å². The molecule has 3 aromatic heterocycles. The van der Waals surface area contributed by atoms with Crippen LogP contribution in [0.25, 0.3) is 0 Å². The van der Waals surface area contributed by atoms with Crippen molar-refractivity contribution in [3.63, 3.8) is 0 Å². The molecular weight excluding hydrogens is 482 g/mol. The molecule has 7 nitrogen and oxygen atoms in total. The molecule has 0 radical (unpaired) electrons. The van der Waals surface area contributed by atoms with E-state index in [1.807, 2.05) is 29.3 Å². The van der Waals surface area contributed by atoms with E-state index in [2.05, 4.69) is 20.8 Å². The Hall–Kier alpha value is -3.79. The number of anilines is 3. The van der Waals surface area contributed by atoms with Crippen molar-refractivity contribution < 1.29 is 13.6 Å². The van der Waals surface area contributed by atoms with E-state index in [1.165, 1.54) is 29.5 Å². The van der Waals surface area contributed by atoms with Crippen LogP contribution in [0.1, 0.15) is 41.8 Å². The second kappa shape index (κ2) is 10.4. The number of aromatic amines is 1. The van der Waals surface area contributed by atoms with Gasteiger partial charge >= 0.3 is 0 Å². The SMILES string of the molecule is C[C@H](Nc1nc(N(c2ccn[nH]2)C2CC2)c(F)cc1CNC(=O)Cc1cccs1)c1ccc(F)cc1. The number of H-pyrrole nitrogens is 1. The fourth-order valence-electron chi connectivity index (χ4n) is 4.01. The van der Waals surface area contributed by atoms with Crippen molar-refractivity contribution in [1.29, 1.82) is 0 Å². The molecule has 3 N–H and O–H groups in total. The van der Waals surface area contributed by atoms with E-state index in [-0.39, 0.29) is 42.6 Å². The molecule has 4 aromatic rings. The molecule has 0 aliphatic heterocycles. The molecule has 10 heteroatoms. The minimum atomic E-state index is -0.487. The average molecular weight is 509 g/mol. The lowest BCUT2D eigenvalue weighted by atomic mass is 10.1. The zero-order valence-corrected chi connectivity index (χ0v) is 20.5. The van der Waals surface area contributed by atoms with Crippen LogP contribution in [0.4, 0.5) is 26.2 Å². The Bertz CT molecular complexity index is 1310. The summed E-state index contributed by atoms with van der Waals surface area (Å²) in [4.78, 5) is 20.0. The van der Waals surface area contributed by atoms with Crippen LogP contribution in [-0.2, 0) is 17.8 Å². The lowest BCUT2D eigenvalue weighted by molar-refractivity contribution is -0.120. The van der Waals surface area contributed by atoms with Gasteiger partial charge in [-0.05, 0) is 55.0 Å². The van der Waals surface area contributed by atoms with Gasteiger partial charge in [-0.3, -0.25) is 9.89 Å². The third-order valence-electron chi connectivity index (χ3n) is 6.04. The molecule has 36 heavy (non-hydrogen) atoms. The van der Waals surface area contributed by atoms with Crippen LogP contribution >= 0.6 is 11.3 Å². The Morgan fingerprint density at radius 3 is 2.69 bits per heavy atom. The largest absolute Gasteiger partial charge is 0.363 e. The summed E-state index contributed by atoms with van der Waals surface area (Å²) >= 11 is 1.51. The van der Waals surface area contributed by atoms with E-state index in [4.69, 9.17) is 4.98 Å². The standard InChI is InChI=1S/C26H26F2N6OS/c1-16(17-4-6-19(27)7-5-17)31-25-18(15-29-24(35)14-21-3-2-12-36-21)13-22(28)26(32-25)34(20-8-9-20)23-10-11-30-33-23/h2-7,10-13,16,20H,8-9,14-15H2,1H3,(H,29,35)(H,30,33)(H,31,32)/t16-/m0/s1. The lowest BCUT2D eigenvalue weighted by Crippen LogP contribution is -2.27. The Balaban J connectivity index is 1.44. The normalized spacial score (nSPS) is 13.9. The van der Waals surface area contributed by atoms with Crippen LogP contribution < -0.4 is 15.5 Å². The van der Waals surface area contributed by atoms with Gasteiger partial charge in [-0.25, -0.2) is 13.8 Å². The molecule has 0 unspecified atom stereocenters. The van der Waals surface area contributed by atoms with Crippen LogP contribution in [0.15, 0.2) is 60.1 Å². The van der Waals surface area contributed by atoms with Crippen LogP contribution in [0.2, 0.25) is 0 Å². The number of carbonyl (C=O) groups is 1. The predicted molar refractivity (Wildman–Crippen MR) is 136 cm³/mol. The maximum Gasteiger partial charge on any atom is 0.225 e. The molecule has 0 spiro atoms. The second-order valence-electron chi connectivity index (χ2n) is 8.80. The fourth-order valence-corrected chi connectivity index (χ4v) is 4.72. The summed E-state index contributed by atoms with van der Waals surface area (Å²) in [5.74, 6) is 0.338. The van der Waals surface area contributed by atoms with Crippen LogP contribution in [0.3, 0.4) is 0 Å². The maximum atomic E-state index is 15.5. The predicted octanol–water partition coefficient (Wildman–Crippen LogP) is 5.48.